The number of nitrogens with one attached hydrogen (secondary N) is 1. The lowest BCUT2D eigenvalue weighted by atomic mass is 10.00. The summed E-state index contributed by atoms with van der Waals surface area (Å²) in [7, 11) is 0. The van der Waals surface area contributed by atoms with E-state index in [1.165, 1.54) is 16.3 Å². The zero-order valence-electron chi connectivity index (χ0n) is 9.33. The Bertz CT molecular complexity index is 443. The Kier molecular flexibility index (Phi) is 3.02. The molecule has 0 saturated heterocycles. The second-order valence-electron chi connectivity index (χ2n) is 3.85. The maximum absolute atomic E-state index is 3.45. The average molecular weight is 199 g/mol. The van der Waals surface area contributed by atoms with Gasteiger partial charge in [0.1, 0.15) is 0 Å². The van der Waals surface area contributed by atoms with Gasteiger partial charge in [0.05, 0.1) is 0 Å². The summed E-state index contributed by atoms with van der Waals surface area (Å²) in [5.74, 6) is 0. The first kappa shape index (κ1) is 10.2. The molecule has 0 radical (unpaired) electrons. The van der Waals surface area contributed by atoms with Gasteiger partial charge in [-0.2, -0.15) is 0 Å². The second kappa shape index (κ2) is 4.45. The highest BCUT2D eigenvalue weighted by molar-refractivity contribution is 5.86. The molecule has 0 aliphatic heterocycles. The number of hydrogen-bond donors (Lipinski definition) is 1. The molecule has 0 amide bonds. The van der Waals surface area contributed by atoms with Crippen molar-refractivity contribution >= 4 is 10.8 Å². The average Bonchev–Trinajstić information content (AvgIpc) is 2.28. The van der Waals surface area contributed by atoms with Crippen molar-refractivity contribution in [2.75, 3.05) is 6.54 Å². The molecule has 0 heterocycles. The molecule has 2 aromatic carbocycles. The van der Waals surface area contributed by atoms with Gasteiger partial charge in [-0.1, -0.05) is 49.4 Å². The molecular formula is C14H17N. The number of hydrogen-bond acceptors (Lipinski definition) is 1. The van der Waals surface area contributed by atoms with E-state index in [0.29, 0.717) is 6.04 Å². The molecule has 78 valence electrons. The first-order valence-corrected chi connectivity index (χ1v) is 5.54. The van der Waals surface area contributed by atoms with Crippen LogP contribution in [-0.4, -0.2) is 6.54 Å². The van der Waals surface area contributed by atoms with Gasteiger partial charge < -0.3 is 5.32 Å². The van der Waals surface area contributed by atoms with Gasteiger partial charge in [0, 0.05) is 6.04 Å². The minimum absolute atomic E-state index is 0.418. The van der Waals surface area contributed by atoms with Gasteiger partial charge in [-0.25, -0.2) is 0 Å². The van der Waals surface area contributed by atoms with Crippen molar-refractivity contribution in [1.82, 2.24) is 5.32 Å². The number of benzene rings is 2. The molecule has 1 unspecified atom stereocenters. The normalized spacial score (nSPS) is 12.9. The molecule has 0 saturated carbocycles. The molecule has 0 bridgehead atoms. The summed E-state index contributed by atoms with van der Waals surface area (Å²) in [4.78, 5) is 0. The Labute approximate surface area is 91.1 Å². The summed E-state index contributed by atoms with van der Waals surface area (Å²) in [6.45, 7) is 5.36. The van der Waals surface area contributed by atoms with Gasteiger partial charge in [0.2, 0.25) is 0 Å². The molecule has 0 aromatic heterocycles. The molecule has 0 spiro atoms. The molecule has 2 aromatic rings. The van der Waals surface area contributed by atoms with Gasteiger partial charge in [-0.3, -0.25) is 0 Å². The van der Waals surface area contributed by atoms with Crippen LogP contribution < -0.4 is 5.32 Å². The lowest BCUT2D eigenvalue weighted by molar-refractivity contribution is 0.602. The minimum Gasteiger partial charge on any atom is -0.310 e. The molecule has 15 heavy (non-hydrogen) atoms. The van der Waals surface area contributed by atoms with E-state index in [1.54, 1.807) is 0 Å². The Morgan fingerprint density at radius 2 is 1.80 bits per heavy atom. The van der Waals surface area contributed by atoms with Crippen LogP contribution in [0.2, 0.25) is 0 Å². The first-order valence-electron chi connectivity index (χ1n) is 5.54. The van der Waals surface area contributed by atoms with Crippen LogP contribution in [0.25, 0.3) is 10.8 Å². The Morgan fingerprint density at radius 3 is 2.60 bits per heavy atom. The van der Waals surface area contributed by atoms with Gasteiger partial charge in [0.15, 0.2) is 0 Å². The van der Waals surface area contributed by atoms with Crippen LogP contribution in [0, 0.1) is 0 Å². The fourth-order valence-electron chi connectivity index (χ4n) is 2.04. The van der Waals surface area contributed by atoms with E-state index < -0.39 is 0 Å². The zero-order valence-corrected chi connectivity index (χ0v) is 9.33. The summed E-state index contributed by atoms with van der Waals surface area (Å²) >= 11 is 0. The smallest absolute Gasteiger partial charge is 0.0297 e. The van der Waals surface area contributed by atoms with Crippen LogP contribution in [0.5, 0.6) is 0 Å². The fourth-order valence-corrected chi connectivity index (χ4v) is 2.04. The van der Waals surface area contributed by atoms with E-state index in [-0.39, 0.29) is 0 Å². The summed E-state index contributed by atoms with van der Waals surface area (Å²) < 4.78 is 0. The maximum atomic E-state index is 3.45. The molecule has 0 fully saturated rings. The highest BCUT2D eigenvalue weighted by Crippen LogP contribution is 2.23. The van der Waals surface area contributed by atoms with Gasteiger partial charge in [0.25, 0.3) is 0 Å². The quantitative estimate of drug-likeness (QED) is 0.797. The van der Waals surface area contributed by atoms with Crippen molar-refractivity contribution in [3.63, 3.8) is 0 Å². The topological polar surface area (TPSA) is 12.0 Å². The molecule has 0 aliphatic rings. The van der Waals surface area contributed by atoms with Gasteiger partial charge in [-0.15, -0.1) is 0 Å². The van der Waals surface area contributed by atoms with E-state index >= 15 is 0 Å². The van der Waals surface area contributed by atoms with Gasteiger partial charge >= 0.3 is 0 Å². The largest absolute Gasteiger partial charge is 0.310 e. The lowest BCUT2D eigenvalue weighted by Gasteiger charge is -2.15. The molecule has 2 rings (SSSR count). The summed E-state index contributed by atoms with van der Waals surface area (Å²) in [6.07, 6.45) is 0. The highest BCUT2D eigenvalue weighted by Gasteiger charge is 2.06. The third-order valence-electron chi connectivity index (χ3n) is 2.80. The van der Waals surface area contributed by atoms with E-state index in [1.807, 2.05) is 0 Å². The summed E-state index contributed by atoms with van der Waals surface area (Å²) in [6, 6.07) is 15.5. The van der Waals surface area contributed by atoms with Crippen molar-refractivity contribution in [2.45, 2.75) is 19.9 Å². The molecular weight excluding hydrogens is 182 g/mol. The predicted octanol–water partition coefficient (Wildman–Crippen LogP) is 3.51. The summed E-state index contributed by atoms with van der Waals surface area (Å²) in [5.41, 5.74) is 1.38. The van der Waals surface area contributed by atoms with Crippen molar-refractivity contribution in [3.05, 3.63) is 48.0 Å². The van der Waals surface area contributed by atoms with E-state index in [2.05, 4.69) is 61.6 Å². The monoisotopic (exact) mass is 199 g/mol. The van der Waals surface area contributed by atoms with Crippen LogP contribution in [0.15, 0.2) is 42.5 Å². The molecule has 1 heteroatoms. The van der Waals surface area contributed by atoms with Crippen molar-refractivity contribution in [2.24, 2.45) is 0 Å². The minimum atomic E-state index is 0.418. The van der Waals surface area contributed by atoms with Crippen LogP contribution in [0.1, 0.15) is 25.5 Å². The van der Waals surface area contributed by atoms with Crippen LogP contribution in [0.4, 0.5) is 0 Å². The van der Waals surface area contributed by atoms with E-state index in [9.17, 15) is 0 Å². The SMILES string of the molecule is CCNC(C)c1cccc2ccccc12. The Balaban J connectivity index is 2.50. The second-order valence-corrected chi connectivity index (χ2v) is 3.85. The molecule has 1 nitrogen and oxygen atoms in total. The molecule has 1 N–H and O–H groups in total. The van der Waals surface area contributed by atoms with Crippen LogP contribution in [-0.2, 0) is 0 Å². The molecule has 0 aliphatic carbocycles. The summed E-state index contributed by atoms with van der Waals surface area (Å²) in [5, 5.41) is 6.13. The van der Waals surface area contributed by atoms with Crippen molar-refractivity contribution in [1.29, 1.82) is 0 Å². The van der Waals surface area contributed by atoms with E-state index in [4.69, 9.17) is 0 Å². The van der Waals surface area contributed by atoms with Gasteiger partial charge in [-0.05, 0) is 29.8 Å². The van der Waals surface area contributed by atoms with Crippen molar-refractivity contribution in [3.8, 4) is 0 Å². The predicted molar refractivity (Wildman–Crippen MR) is 66.0 cm³/mol. The van der Waals surface area contributed by atoms with E-state index in [0.717, 1.165) is 6.54 Å². The highest BCUT2D eigenvalue weighted by atomic mass is 14.9. The molecule has 1 atom stereocenters. The fraction of sp³-hybridized carbons (Fsp3) is 0.286. The van der Waals surface area contributed by atoms with Crippen LogP contribution in [0.3, 0.4) is 0 Å². The third kappa shape index (κ3) is 2.02. The lowest BCUT2D eigenvalue weighted by Crippen LogP contribution is -2.17. The number of rotatable bonds is 3. The maximum Gasteiger partial charge on any atom is 0.0297 e. The third-order valence-corrected chi connectivity index (χ3v) is 2.80. The standard InChI is InChI=1S/C14H17N/c1-3-15-11(2)13-10-6-8-12-7-4-5-9-14(12)13/h4-11,15H,3H2,1-2H3. The Morgan fingerprint density at radius 1 is 1.07 bits per heavy atom. The first-order chi connectivity index (χ1) is 7.33. The zero-order chi connectivity index (χ0) is 10.7. The number of fused-ring (bicyclic) bond motifs is 1. The Hall–Kier alpha value is -1.34. The van der Waals surface area contributed by atoms with Crippen molar-refractivity contribution < 1.29 is 0 Å². The van der Waals surface area contributed by atoms with Crippen LogP contribution >= 0.6 is 0 Å².